The van der Waals surface area contributed by atoms with E-state index in [1.807, 2.05) is 0 Å². The second-order valence-electron chi connectivity index (χ2n) is 4.23. The van der Waals surface area contributed by atoms with Crippen LogP contribution in [0.15, 0.2) is 18.2 Å². The fraction of sp³-hybridized carbons (Fsp3) is 0.333. The smallest absolute Gasteiger partial charge is 0.374 e. The molecule has 0 aliphatic carbocycles. The second kappa shape index (κ2) is 4.36. The number of hydrogen-bond donors (Lipinski definition) is 2. The molecule has 1 aliphatic heterocycles. The molecule has 1 heterocycles. The van der Waals surface area contributed by atoms with Crippen molar-refractivity contribution >= 4 is 17.6 Å². The van der Waals surface area contributed by atoms with E-state index < -0.39 is 18.3 Å². The topological polar surface area (TPSA) is 66.4 Å². The standard InChI is InChI=1S/C12H11F2NO3/c13-12(14,11(17)18)4-3-7-1-2-9-8(5-7)6-10(16)15-9/h1-2,5H,3-4,6H2,(H,15,16)(H,17,18). The number of halogens is 2. The molecule has 0 aromatic heterocycles. The molecular formula is C12H11F2NO3. The molecule has 1 aromatic carbocycles. The lowest BCUT2D eigenvalue weighted by Gasteiger charge is -2.11. The van der Waals surface area contributed by atoms with Crippen molar-refractivity contribution in [3.8, 4) is 0 Å². The Morgan fingerprint density at radius 2 is 2.17 bits per heavy atom. The van der Waals surface area contributed by atoms with E-state index in [9.17, 15) is 18.4 Å². The number of hydrogen-bond acceptors (Lipinski definition) is 2. The molecule has 0 spiro atoms. The van der Waals surface area contributed by atoms with Crippen molar-refractivity contribution in [3.63, 3.8) is 0 Å². The van der Waals surface area contributed by atoms with Crippen molar-refractivity contribution in [3.05, 3.63) is 29.3 Å². The number of aliphatic carboxylic acids is 1. The first-order valence-electron chi connectivity index (χ1n) is 5.41. The molecule has 4 nitrogen and oxygen atoms in total. The van der Waals surface area contributed by atoms with Crippen LogP contribution in [0.25, 0.3) is 0 Å². The van der Waals surface area contributed by atoms with Crippen LogP contribution in [-0.4, -0.2) is 22.9 Å². The van der Waals surface area contributed by atoms with Crippen molar-refractivity contribution in [1.29, 1.82) is 0 Å². The Kier molecular flexibility index (Phi) is 3.02. The molecular weight excluding hydrogens is 244 g/mol. The van der Waals surface area contributed by atoms with Gasteiger partial charge in [0.1, 0.15) is 0 Å². The number of carbonyl (C=O) groups is 2. The Morgan fingerprint density at radius 3 is 2.83 bits per heavy atom. The molecule has 0 saturated carbocycles. The number of carboxylic acid groups (broad SMARTS) is 1. The number of nitrogens with one attached hydrogen (secondary N) is 1. The van der Waals surface area contributed by atoms with Crippen LogP contribution in [0.5, 0.6) is 0 Å². The Balaban J connectivity index is 2.06. The second-order valence-corrected chi connectivity index (χ2v) is 4.23. The minimum absolute atomic E-state index is 0.0409. The molecule has 0 fully saturated rings. The lowest BCUT2D eigenvalue weighted by atomic mass is 10.0. The minimum Gasteiger partial charge on any atom is -0.477 e. The summed E-state index contributed by atoms with van der Waals surface area (Å²) in [6.45, 7) is 0. The average Bonchev–Trinajstić information content (AvgIpc) is 2.65. The third-order valence-electron chi connectivity index (χ3n) is 2.84. The lowest BCUT2D eigenvalue weighted by molar-refractivity contribution is -0.165. The summed E-state index contributed by atoms with van der Waals surface area (Å²) in [4.78, 5) is 21.4. The molecule has 0 atom stereocenters. The van der Waals surface area contributed by atoms with Gasteiger partial charge in [0.05, 0.1) is 6.42 Å². The molecule has 0 saturated heterocycles. The van der Waals surface area contributed by atoms with Gasteiger partial charge in [0, 0.05) is 12.1 Å². The zero-order valence-corrected chi connectivity index (χ0v) is 9.37. The van der Waals surface area contributed by atoms with Crippen LogP contribution in [0.4, 0.5) is 14.5 Å². The SMILES string of the molecule is O=C1Cc2cc(CCC(F)(F)C(=O)O)ccc2N1. The Bertz CT molecular complexity index is 514. The normalized spacial score (nSPS) is 14.2. The Hall–Kier alpha value is -1.98. The van der Waals surface area contributed by atoms with E-state index in [1.165, 1.54) is 0 Å². The van der Waals surface area contributed by atoms with Crippen LogP contribution in [-0.2, 0) is 22.4 Å². The van der Waals surface area contributed by atoms with Gasteiger partial charge >= 0.3 is 11.9 Å². The maximum absolute atomic E-state index is 12.9. The van der Waals surface area contributed by atoms with Gasteiger partial charge in [-0.15, -0.1) is 0 Å². The number of aryl methyl sites for hydroxylation is 1. The van der Waals surface area contributed by atoms with Crippen molar-refractivity contribution < 1.29 is 23.5 Å². The van der Waals surface area contributed by atoms with Crippen LogP contribution in [0.3, 0.4) is 0 Å². The molecule has 96 valence electrons. The van der Waals surface area contributed by atoms with Crippen molar-refractivity contribution in [2.75, 3.05) is 5.32 Å². The van der Waals surface area contributed by atoms with Crippen LogP contribution in [0.2, 0.25) is 0 Å². The Labute approximate surface area is 102 Å². The van der Waals surface area contributed by atoms with Gasteiger partial charge in [-0.1, -0.05) is 12.1 Å². The predicted molar refractivity (Wildman–Crippen MR) is 59.7 cm³/mol. The molecule has 1 aliphatic rings. The summed E-state index contributed by atoms with van der Waals surface area (Å²) in [5, 5.41) is 10.9. The van der Waals surface area contributed by atoms with Crippen LogP contribution >= 0.6 is 0 Å². The molecule has 0 radical (unpaired) electrons. The summed E-state index contributed by atoms with van der Waals surface area (Å²) in [5.41, 5.74) is 2.05. The first-order chi connectivity index (χ1) is 8.38. The van der Waals surface area contributed by atoms with Gasteiger partial charge in [-0.3, -0.25) is 4.79 Å². The monoisotopic (exact) mass is 255 g/mol. The quantitative estimate of drug-likeness (QED) is 0.862. The number of anilines is 1. The zero-order valence-electron chi connectivity index (χ0n) is 9.37. The summed E-state index contributed by atoms with van der Waals surface area (Å²) < 4.78 is 25.8. The molecule has 0 unspecified atom stereocenters. The number of carboxylic acids is 1. The molecule has 18 heavy (non-hydrogen) atoms. The van der Waals surface area contributed by atoms with Crippen molar-refractivity contribution in [2.45, 2.75) is 25.2 Å². The highest BCUT2D eigenvalue weighted by molar-refractivity contribution is 5.99. The van der Waals surface area contributed by atoms with Crippen molar-refractivity contribution in [2.24, 2.45) is 0 Å². The Morgan fingerprint density at radius 1 is 1.44 bits per heavy atom. The van der Waals surface area contributed by atoms with Gasteiger partial charge < -0.3 is 10.4 Å². The van der Waals surface area contributed by atoms with E-state index in [1.54, 1.807) is 18.2 Å². The van der Waals surface area contributed by atoms with Crippen molar-refractivity contribution in [1.82, 2.24) is 0 Å². The predicted octanol–water partition coefficient (Wildman–Crippen LogP) is 1.83. The number of benzene rings is 1. The summed E-state index contributed by atoms with van der Waals surface area (Å²) in [5.74, 6) is -5.95. The van der Waals surface area contributed by atoms with E-state index in [4.69, 9.17) is 5.11 Å². The lowest BCUT2D eigenvalue weighted by Crippen LogP contribution is -2.28. The zero-order chi connectivity index (χ0) is 13.3. The summed E-state index contributed by atoms with van der Waals surface area (Å²) in [6, 6.07) is 4.92. The molecule has 1 aromatic rings. The molecule has 2 N–H and O–H groups in total. The van der Waals surface area contributed by atoms with Gasteiger partial charge in [-0.25, -0.2) is 4.79 Å². The highest BCUT2D eigenvalue weighted by Crippen LogP contribution is 2.26. The summed E-state index contributed by atoms with van der Waals surface area (Å²) >= 11 is 0. The fourth-order valence-electron chi connectivity index (χ4n) is 1.85. The summed E-state index contributed by atoms with van der Waals surface area (Å²) in [6.07, 6.45) is -0.554. The third-order valence-corrected chi connectivity index (χ3v) is 2.84. The minimum atomic E-state index is -3.72. The molecule has 1 amide bonds. The van der Waals surface area contributed by atoms with Gasteiger partial charge in [-0.05, 0) is 23.6 Å². The number of amides is 1. The van der Waals surface area contributed by atoms with E-state index in [-0.39, 0.29) is 18.7 Å². The highest BCUT2D eigenvalue weighted by Gasteiger charge is 2.38. The third kappa shape index (κ3) is 2.47. The summed E-state index contributed by atoms with van der Waals surface area (Å²) in [7, 11) is 0. The average molecular weight is 255 g/mol. The van der Waals surface area contributed by atoms with Crippen LogP contribution in [0.1, 0.15) is 17.5 Å². The van der Waals surface area contributed by atoms with Gasteiger partial charge in [-0.2, -0.15) is 8.78 Å². The van der Waals surface area contributed by atoms with Gasteiger partial charge in [0.2, 0.25) is 5.91 Å². The number of fused-ring (bicyclic) bond motifs is 1. The molecule has 0 bridgehead atoms. The van der Waals surface area contributed by atoms with Crippen LogP contribution < -0.4 is 5.32 Å². The maximum atomic E-state index is 12.9. The molecule has 2 rings (SSSR count). The van der Waals surface area contributed by atoms with Crippen LogP contribution in [0, 0.1) is 0 Å². The van der Waals surface area contributed by atoms with Gasteiger partial charge in [0.15, 0.2) is 0 Å². The number of alkyl halides is 2. The fourth-order valence-corrected chi connectivity index (χ4v) is 1.85. The van der Waals surface area contributed by atoms with E-state index >= 15 is 0 Å². The van der Waals surface area contributed by atoms with E-state index in [0.717, 1.165) is 5.56 Å². The largest absolute Gasteiger partial charge is 0.477 e. The number of carbonyl (C=O) groups excluding carboxylic acids is 1. The first-order valence-corrected chi connectivity index (χ1v) is 5.41. The number of rotatable bonds is 4. The first kappa shape index (κ1) is 12.5. The van der Waals surface area contributed by atoms with E-state index in [0.29, 0.717) is 11.3 Å². The van der Waals surface area contributed by atoms with E-state index in [2.05, 4.69) is 5.32 Å². The maximum Gasteiger partial charge on any atom is 0.374 e. The molecule has 6 heteroatoms. The highest BCUT2D eigenvalue weighted by atomic mass is 19.3. The van der Waals surface area contributed by atoms with Gasteiger partial charge in [0.25, 0.3) is 0 Å².